The lowest BCUT2D eigenvalue weighted by Crippen LogP contribution is -2.35. The fourth-order valence-electron chi connectivity index (χ4n) is 3.25. The summed E-state index contributed by atoms with van der Waals surface area (Å²) in [5, 5.41) is 5.89. The van der Waals surface area contributed by atoms with Gasteiger partial charge in [-0.25, -0.2) is 8.42 Å². The lowest BCUT2D eigenvalue weighted by Gasteiger charge is -2.26. The first kappa shape index (κ1) is 17.6. The average Bonchev–Trinajstić information content (AvgIpc) is 2.89. The summed E-state index contributed by atoms with van der Waals surface area (Å²) < 4.78 is 39.1. The number of carbonyl (C=O) groups is 1. The van der Waals surface area contributed by atoms with Gasteiger partial charge in [-0.2, -0.15) is 0 Å². The number of sulfonamides is 1. The number of rotatable bonds is 3. The Hall–Kier alpha value is -2.78. The first-order valence-electron chi connectivity index (χ1n) is 8.47. The summed E-state index contributed by atoms with van der Waals surface area (Å²) in [4.78, 5) is 11.5. The predicted molar refractivity (Wildman–Crippen MR) is 99.8 cm³/mol. The van der Waals surface area contributed by atoms with Crippen LogP contribution in [0.5, 0.6) is 11.5 Å². The summed E-state index contributed by atoms with van der Waals surface area (Å²) in [5.74, 6) is 0.150. The van der Waals surface area contributed by atoms with Crippen LogP contribution in [0.25, 0.3) is 0 Å². The van der Waals surface area contributed by atoms with Crippen molar-refractivity contribution in [1.29, 1.82) is 0 Å². The lowest BCUT2D eigenvalue weighted by molar-refractivity contribution is -0.118. The smallest absolute Gasteiger partial charge is 0.268 e. The topological polar surface area (TPSA) is 97.0 Å². The SMILES string of the molecule is COc1cc2c(cc1S(=O)(=O)N1CCNCc3ccccc31)OCC(=O)N2. The quantitative estimate of drug-likeness (QED) is 0.822. The fourth-order valence-corrected chi connectivity index (χ4v) is 4.90. The van der Waals surface area contributed by atoms with E-state index in [0.29, 0.717) is 30.2 Å². The molecule has 2 heterocycles. The highest BCUT2D eigenvalue weighted by molar-refractivity contribution is 7.93. The van der Waals surface area contributed by atoms with E-state index in [2.05, 4.69) is 10.6 Å². The third kappa shape index (κ3) is 3.08. The van der Waals surface area contributed by atoms with Gasteiger partial charge < -0.3 is 20.1 Å². The Labute approximate surface area is 157 Å². The number of nitrogens with zero attached hydrogens (tertiary/aromatic N) is 1. The highest BCUT2D eigenvalue weighted by Crippen LogP contribution is 2.39. The molecule has 8 nitrogen and oxygen atoms in total. The maximum absolute atomic E-state index is 13.5. The Bertz CT molecular complexity index is 1010. The van der Waals surface area contributed by atoms with Crippen molar-refractivity contribution in [1.82, 2.24) is 5.32 Å². The van der Waals surface area contributed by atoms with E-state index in [1.165, 1.54) is 23.5 Å². The van der Waals surface area contributed by atoms with Crippen molar-refractivity contribution in [3.8, 4) is 11.5 Å². The molecule has 27 heavy (non-hydrogen) atoms. The molecule has 0 unspecified atom stereocenters. The zero-order chi connectivity index (χ0) is 19.0. The number of methoxy groups -OCH3 is 1. The van der Waals surface area contributed by atoms with Crippen molar-refractivity contribution in [2.24, 2.45) is 0 Å². The third-order valence-corrected chi connectivity index (χ3v) is 6.37. The molecule has 2 aliphatic rings. The molecule has 0 fully saturated rings. The van der Waals surface area contributed by atoms with Crippen molar-refractivity contribution in [3.63, 3.8) is 0 Å². The minimum Gasteiger partial charge on any atom is -0.495 e. The third-order valence-electron chi connectivity index (χ3n) is 4.53. The van der Waals surface area contributed by atoms with Crippen molar-refractivity contribution in [2.45, 2.75) is 11.4 Å². The van der Waals surface area contributed by atoms with Gasteiger partial charge in [0.25, 0.3) is 15.9 Å². The molecular weight excluding hydrogens is 370 g/mol. The van der Waals surface area contributed by atoms with Crippen LogP contribution in [0, 0.1) is 0 Å². The van der Waals surface area contributed by atoms with Gasteiger partial charge in [-0.3, -0.25) is 9.10 Å². The van der Waals surface area contributed by atoms with E-state index in [0.717, 1.165) is 5.56 Å². The van der Waals surface area contributed by atoms with Gasteiger partial charge in [0.1, 0.15) is 16.4 Å². The number of hydrogen-bond acceptors (Lipinski definition) is 6. The minimum absolute atomic E-state index is 0.00315. The summed E-state index contributed by atoms with van der Waals surface area (Å²) in [6.07, 6.45) is 0. The molecule has 0 saturated carbocycles. The standard InChI is InChI=1S/C18H19N3O5S/c1-25-16-8-13-15(26-11-18(22)20-13)9-17(16)27(23,24)21-7-6-19-10-12-4-2-3-5-14(12)21/h2-5,8-9,19H,6-7,10-11H2,1H3,(H,20,22). The maximum atomic E-state index is 13.5. The fraction of sp³-hybridized carbons (Fsp3) is 0.278. The Morgan fingerprint density at radius 2 is 2.04 bits per heavy atom. The zero-order valence-electron chi connectivity index (χ0n) is 14.7. The van der Waals surface area contributed by atoms with Gasteiger partial charge in [0.05, 0.1) is 18.5 Å². The zero-order valence-corrected chi connectivity index (χ0v) is 15.5. The molecule has 0 bridgehead atoms. The number of nitrogens with one attached hydrogen (secondary N) is 2. The monoisotopic (exact) mass is 389 g/mol. The number of anilines is 2. The van der Waals surface area contributed by atoms with E-state index in [1.807, 2.05) is 18.2 Å². The second-order valence-electron chi connectivity index (χ2n) is 6.22. The van der Waals surface area contributed by atoms with Crippen LogP contribution in [0.15, 0.2) is 41.3 Å². The van der Waals surface area contributed by atoms with Crippen molar-refractivity contribution < 1.29 is 22.7 Å². The van der Waals surface area contributed by atoms with Gasteiger partial charge in [-0.1, -0.05) is 18.2 Å². The van der Waals surface area contributed by atoms with Crippen molar-refractivity contribution >= 4 is 27.3 Å². The van der Waals surface area contributed by atoms with Crippen LogP contribution < -0.4 is 24.4 Å². The molecule has 0 aliphatic carbocycles. The van der Waals surface area contributed by atoms with E-state index in [-0.39, 0.29) is 29.7 Å². The Balaban J connectivity index is 1.84. The van der Waals surface area contributed by atoms with Crippen LogP contribution >= 0.6 is 0 Å². The summed E-state index contributed by atoms with van der Waals surface area (Å²) >= 11 is 0. The van der Waals surface area contributed by atoms with E-state index in [9.17, 15) is 13.2 Å². The second kappa shape index (κ2) is 6.75. The molecule has 4 rings (SSSR count). The van der Waals surface area contributed by atoms with E-state index >= 15 is 0 Å². The number of benzene rings is 2. The number of para-hydroxylation sites is 1. The Morgan fingerprint density at radius 3 is 2.85 bits per heavy atom. The normalized spacial score (nSPS) is 16.5. The molecular formula is C18H19N3O5S. The van der Waals surface area contributed by atoms with Crippen LogP contribution in [-0.4, -0.2) is 41.1 Å². The van der Waals surface area contributed by atoms with Gasteiger partial charge in [0.15, 0.2) is 6.61 Å². The average molecular weight is 389 g/mol. The van der Waals surface area contributed by atoms with Crippen molar-refractivity contribution in [2.75, 3.05) is 36.4 Å². The number of carbonyl (C=O) groups excluding carboxylic acids is 1. The second-order valence-corrected chi connectivity index (χ2v) is 8.05. The van der Waals surface area contributed by atoms with Crippen molar-refractivity contribution in [3.05, 3.63) is 42.0 Å². The number of hydrogen-bond donors (Lipinski definition) is 2. The molecule has 9 heteroatoms. The molecule has 0 radical (unpaired) electrons. The van der Waals surface area contributed by atoms with Crippen LogP contribution in [0.4, 0.5) is 11.4 Å². The summed E-state index contributed by atoms with van der Waals surface area (Å²) in [6.45, 7) is 1.25. The molecule has 0 spiro atoms. The summed E-state index contributed by atoms with van der Waals surface area (Å²) in [5.41, 5.74) is 1.93. The van der Waals surface area contributed by atoms with E-state index in [1.54, 1.807) is 6.07 Å². The highest BCUT2D eigenvalue weighted by atomic mass is 32.2. The first-order chi connectivity index (χ1) is 13.0. The van der Waals surface area contributed by atoms with Crippen LogP contribution in [0.1, 0.15) is 5.56 Å². The summed E-state index contributed by atoms with van der Waals surface area (Å²) in [7, 11) is -2.52. The molecule has 2 N–H and O–H groups in total. The van der Waals surface area contributed by atoms with Gasteiger partial charge in [-0.05, 0) is 11.6 Å². The molecule has 142 valence electrons. The minimum atomic E-state index is -3.91. The lowest BCUT2D eigenvalue weighted by atomic mass is 10.2. The van der Waals surface area contributed by atoms with Gasteiger partial charge in [0.2, 0.25) is 0 Å². The number of fused-ring (bicyclic) bond motifs is 2. The number of ether oxygens (including phenoxy) is 2. The molecule has 2 aromatic carbocycles. The maximum Gasteiger partial charge on any atom is 0.268 e. The first-order valence-corrected chi connectivity index (χ1v) is 9.91. The molecule has 2 aromatic rings. The van der Waals surface area contributed by atoms with Crippen LogP contribution in [-0.2, 0) is 21.4 Å². The van der Waals surface area contributed by atoms with Crippen LogP contribution in [0.3, 0.4) is 0 Å². The molecule has 0 saturated heterocycles. The molecule has 0 aromatic heterocycles. The van der Waals surface area contributed by atoms with E-state index in [4.69, 9.17) is 9.47 Å². The van der Waals surface area contributed by atoms with Gasteiger partial charge in [-0.15, -0.1) is 0 Å². The van der Waals surface area contributed by atoms with E-state index < -0.39 is 10.0 Å². The van der Waals surface area contributed by atoms with Crippen LogP contribution in [0.2, 0.25) is 0 Å². The predicted octanol–water partition coefficient (Wildman–Crippen LogP) is 1.32. The Morgan fingerprint density at radius 1 is 1.22 bits per heavy atom. The Kier molecular flexibility index (Phi) is 4.40. The largest absolute Gasteiger partial charge is 0.495 e. The molecule has 0 atom stereocenters. The molecule has 2 aliphatic heterocycles. The highest BCUT2D eigenvalue weighted by Gasteiger charge is 2.32. The van der Waals surface area contributed by atoms with Gasteiger partial charge >= 0.3 is 0 Å². The summed E-state index contributed by atoms with van der Waals surface area (Å²) in [6, 6.07) is 10.3. The molecule has 1 amide bonds. The number of amides is 1. The van der Waals surface area contributed by atoms with Gasteiger partial charge in [0, 0.05) is 31.8 Å².